The summed E-state index contributed by atoms with van der Waals surface area (Å²) in [6, 6.07) is 19.1. The summed E-state index contributed by atoms with van der Waals surface area (Å²) in [4.78, 5) is -0.167. The second-order valence-corrected chi connectivity index (χ2v) is 7.46. The summed E-state index contributed by atoms with van der Waals surface area (Å²) in [5, 5.41) is 5.51. The largest absolute Gasteiger partial charge is 0.497 e. The van der Waals surface area contributed by atoms with Gasteiger partial charge in [0.1, 0.15) is 22.1 Å². The maximum Gasteiger partial charge on any atom is 0.241 e. The van der Waals surface area contributed by atoms with Gasteiger partial charge in [-0.1, -0.05) is 35.9 Å². The fraction of sp³-hybridized carbons (Fsp3) is 0.0526. The summed E-state index contributed by atoms with van der Waals surface area (Å²) in [6.07, 6.45) is 0. The van der Waals surface area contributed by atoms with Crippen molar-refractivity contribution < 1.29 is 17.9 Å². The Labute approximate surface area is 157 Å². The first-order valence-electron chi connectivity index (χ1n) is 7.61. The number of nitrogens with two attached hydrogens (primary N) is 1. The Morgan fingerprint density at radius 1 is 0.885 bits per heavy atom. The zero-order chi connectivity index (χ0) is 18.7. The molecule has 0 atom stereocenters. The molecule has 0 amide bonds. The van der Waals surface area contributed by atoms with E-state index in [1.54, 1.807) is 19.2 Å². The van der Waals surface area contributed by atoms with Gasteiger partial charge in [-0.3, -0.25) is 0 Å². The van der Waals surface area contributed by atoms with Crippen molar-refractivity contribution in [1.82, 2.24) is 0 Å². The molecule has 0 bridgehead atoms. The molecule has 3 rings (SSSR count). The lowest BCUT2D eigenvalue weighted by Gasteiger charge is -2.11. The number of sulfonamides is 1. The molecule has 0 radical (unpaired) electrons. The molecule has 0 fully saturated rings. The van der Waals surface area contributed by atoms with Gasteiger partial charge >= 0.3 is 0 Å². The zero-order valence-electron chi connectivity index (χ0n) is 13.8. The predicted octanol–water partition coefficient (Wildman–Crippen LogP) is 4.46. The second kappa shape index (κ2) is 7.37. The summed E-state index contributed by atoms with van der Waals surface area (Å²) in [5.74, 6) is 1.36. The first kappa shape index (κ1) is 18.3. The van der Waals surface area contributed by atoms with Gasteiger partial charge in [0, 0.05) is 5.02 Å². The van der Waals surface area contributed by atoms with Crippen LogP contribution in [0.1, 0.15) is 0 Å². The van der Waals surface area contributed by atoms with E-state index in [9.17, 15) is 8.42 Å². The Bertz CT molecular complexity index is 1030. The van der Waals surface area contributed by atoms with Crippen LogP contribution in [0.25, 0.3) is 11.1 Å². The second-order valence-electron chi connectivity index (χ2n) is 5.49. The molecule has 2 N–H and O–H groups in total. The highest BCUT2D eigenvalue weighted by molar-refractivity contribution is 7.89. The van der Waals surface area contributed by atoms with Gasteiger partial charge in [0.15, 0.2) is 0 Å². The van der Waals surface area contributed by atoms with Crippen molar-refractivity contribution in [1.29, 1.82) is 0 Å². The van der Waals surface area contributed by atoms with Gasteiger partial charge in [-0.15, -0.1) is 0 Å². The fourth-order valence-electron chi connectivity index (χ4n) is 2.44. The third kappa shape index (κ3) is 4.16. The molecule has 134 valence electrons. The van der Waals surface area contributed by atoms with Crippen LogP contribution in [0.15, 0.2) is 71.6 Å². The highest BCUT2D eigenvalue weighted by Gasteiger charge is 2.16. The van der Waals surface area contributed by atoms with Crippen molar-refractivity contribution in [2.24, 2.45) is 5.14 Å². The summed E-state index contributed by atoms with van der Waals surface area (Å²) < 4.78 is 34.5. The number of rotatable bonds is 5. The van der Waals surface area contributed by atoms with Crippen molar-refractivity contribution >= 4 is 21.6 Å². The van der Waals surface area contributed by atoms with Crippen molar-refractivity contribution in [3.05, 3.63) is 71.8 Å². The van der Waals surface area contributed by atoms with Crippen molar-refractivity contribution in [3.63, 3.8) is 0 Å². The lowest BCUT2D eigenvalue weighted by molar-refractivity contribution is 0.415. The normalized spacial score (nSPS) is 11.2. The first-order chi connectivity index (χ1) is 12.4. The zero-order valence-corrected chi connectivity index (χ0v) is 15.4. The van der Waals surface area contributed by atoms with Gasteiger partial charge in [0.2, 0.25) is 10.0 Å². The molecule has 0 heterocycles. The number of primary sulfonamides is 1. The molecule has 0 unspecified atom stereocenters. The van der Waals surface area contributed by atoms with E-state index in [-0.39, 0.29) is 15.7 Å². The van der Waals surface area contributed by atoms with E-state index < -0.39 is 10.0 Å². The lowest BCUT2D eigenvalue weighted by Crippen LogP contribution is -2.13. The van der Waals surface area contributed by atoms with Crippen molar-refractivity contribution in [2.45, 2.75) is 4.90 Å². The highest BCUT2D eigenvalue weighted by atomic mass is 35.5. The molecule has 0 saturated heterocycles. The lowest BCUT2D eigenvalue weighted by atomic mass is 10.1. The Balaban J connectivity index is 1.95. The number of hydrogen-bond acceptors (Lipinski definition) is 4. The van der Waals surface area contributed by atoms with E-state index in [2.05, 4.69) is 0 Å². The molecule has 0 aromatic heterocycles. The number of hydrogen-bond donors (Lipinski definition) is 1. The third-order valence-corrected chi connectivity index (χ3v) is 4.86. The van der Waals surface area contributed by atoms with E-state index in [1.807, 2.05) is 42.5 Å². The van der Waals surface area contributed by atoms with E-state index in [0.29, 0.717) is 5.75 Å². The fourth-order valence-corrected chi connectivity index (χ4v) is 3.36. The van der Waals surface area contributed by atoms with Crippen LogP contribution in [-0.4, -0.2) is 15.5 Å². The third-order valence-electron chi connectivity index (χ3n) is 3.70. The average Bonchev–Trinajstić information content (AvgIpc) is 2.63. The molecule has 0 aliphatic heterocycles. The maximum atomic E-state index is 11.8. The number of halogens is 1. The quantitative estimate of drug-likeness (QED) is 0.698. The first-order valence-corrected chi connectivity index (χ1v) is 9.54. The minimum absolute atomic E-state index is 0.115. The summed E-state index contributed by atoms with van der Waals surface area (Å²) in [7, 11) is -2.36. The predicted molar refractivity (Wildman–Crippen MR) is 101 cm³/mol. The van der Waals surface area contributed by atoms with Crippen molar-refractivity contribution in [3.8, 4) is 28.4 Å². The SMILES string of the molecule is COc1ccc(-c2cccc(Oc3ccc(Cl)cc3S(N)(=O)=O)c2)cc1. The molecule has 3 aromatic rings. The van der Waals surface area contributed by atoms with Crippen molar-refractivity contribution in [2.75, 3.05) is 7.11 Å². The van der Waals surface area contributed by atoms with Crippen LogP contribution in [0.4, 0.5) is 0 Å². The van der Waals surface area contributed by atoms with Gasteiger partial charge in [0.05, 0.1) is 7.11 Å². The van der Waals surface area contributed by atoms with E-state index >= 15 is 0 Å². The molecule has 7 heteroatoms. The number of methoxy groups -OCH3 is 1. The maximum absolute atomic E-state index is 11.8. The highest BCUT2D eigenvalue weighted by Crippen LogP contribution is 2.32. The Morgan fingerprint density at radius 3 is 2.27 bits per heavy atom. The number of benzene rings is 3. The van der Waals surface area contributed by atoms with Crippen LogP contribution in [-0.2, 0) is 10.0 Å². The smallest absolute Gasteiger partial charge is 0.241 e. The molecular weight excluding hydrogens is 374 g/mol. The molecule has 0 aliphatic rings. The molecular formula is C19H16ClNO4S. The molecule has 26 heavy (non-hydrogen) atoms. The Morgan fingerprint density at radius 2 is 1.62 bits per heavy atom. The Hall–Kier alpha value is -2.54. The average molecular weight is 390 g/mol. The standard InChI is InChI=1S/C19H16ClNO4S/c1-24-16-8-5-13(6-9-16)14-3-2-4-17(11-14)25-18-10-7-15(20)12-19(18)26(21,22)23/h2-12H,1H3,(H2,21,22,23). The topological polar surface area (TPSA) is 78.6 Å². The van der Waals surface area contributed by atoms with Gasteiger partial charge in [-0.2, -0.15) is 0 Å². The van der Waals surface area contributed by atoms with Gasteiger partial charge in [-0.05, 0) is 53.6 Å². The summed E-state index contributed by atoms with van der Waals surface area (Å²) in [5.41, 5.74) is 1.88. The van der Waals surface area contributed by atoms with Gasteiger partial charge in [-0.25, -0.2) is 13.6 Å². The summed E-state index contributed by atoms with van der Waals surface area (Å²) in [6.45, 7) is 0. The molecule has 0 saturated carbocycles. The van der Waals surface area contributed by atoms with Crippen LogP contribution in [0.3, 0.4) is 0 Å². The number of ether oxygens (including phenoxy) is 2. The van der Waals surface area contributed by atoms with E-state index in [0.717, 1.165) is 16.9 Å². The molecule has 5 nitrogen and oxygen atoms in total. The molecule has 0 spiro atoms. The van der Waals surface area contributed by atoms with Crippen LogP contribution < -0.4 is 14.6 Å². The van der Waals surface area contributed by atoms with Gasteiger partial charge in [0.25, 0.3) is 0 Å². The van der Waals surface area contributed by atoms with Gasteiger partial charge < -0.3 is 9.47 Å². The Kier molecular flexibility index (Phi) is 5.18. The van der Waals surface area contributed by atoms with Crippen LogP contribution in [0.5, 0.6) is 17.2 Å². The van der Waals surface area contributed by atoms with Crippen LogP contribution in [0.2, 0.25) is 5.02 Å². The minimum atomic E-state index is -3.97. The summed E-state index contributed by atoms with van der Waals surface area (Å²) >= 11 is 5.87. The van der Waals surface area contributed by atoms with Crippen LogP contribution in [0, 0.1) is 0 Å². The monoisotopic (exact) mass is 389 g/mol. The molecule has 3 aromatic carbocycles. The van der Waals surface area contributed by atoms with Crippen LogP contribution >= 0.6 is 11.6 Å². The minimum Gasteiger partial charge on any atom is -0.497 e. The molecule has 0 aliphatic carbocycles. The van der Waals surface area contributed by atoms with E-state index in [4.69, 9.17) is 26.2 Å². The van der Waals surface area contributed by atoms with E-state index in [1.165, 1.54) is 12.1 Å².